The van der Waals surface area contributed by atoms with Gasteiger partial charge in [0.1, 0.15) is 0 Å². The maximum absolute atomic E-state index is 3.68. The summed E-state index contributed by atoms with van der Waals surface area (Å²) < 4.78 is 2.36. The number of thiophene rings is 1. The standard InChI is InChI=1S/C16H19Br2NS/c1-4-7-19-15(14-9-11(3)16(18)20-14)13-6-5-12(17)8-10(13)2/h5-6,8-9,15,19H,4,7H2,1-3H3. The van der Waals surface area contributed by atoms with Crippen LogP contribution in [0.5, 0.6) is 0 Å². The fraction of sp³-hybridized carbons (Fsp3) is 0.375. The van der Waals surface area contributed by atoms with Crippen LogP contribution in [0.1, 0.15) is 41.0 Å². The highest BCUT2D eigenvalue weighted by Gasteiger charge is 2.18. The lowest BCUT2D eigenvalue weighted by molar-refractivity contribution is 0.603. The minimum Gasteiger partial charge on any atom is -0.306 e. The van der Waals surface area contributed by atoms with Crippen LogP contribution in [0.25, 0.3) is 0 Å². The number of rotatable bonds is 5. The van der Waals surface area contributed by atoms with Crippen LogP contribution in [0.4, 0.5) is 0 Å². The van der Waals surface area contributed by atoms with E-state index in [2.05, 4.69) is 82.2 Å². The summed E-state index contributed by atoms with van der Waals surface area (Å²) >= 11 is 9.01. The molecule has 0 saturated heterocycles. The van der Waals surface area contributed by atoms with Crippen LogP contribution < -0.4 is 5.32 Å². The summed E-state index contributed by atoms with van der Waals surface area (Å²) in [5.41, 5.74) is 3.98. The number of hydrogen-bond donors (Lipinski definition) is 1. The molecule has 0 aliphatic rings. The zero-order chi connectivity index (χ0) is 14.7. The number of benzene rings is 1. The van der Waals surface area contributed by atoms with Gasteiger partial charge in [-0.05, 0) is 77.6 Å². The van der Waals surface area contributed by atoms with E-state index < -0.39 is 0 Å². The van der Waals surface area contributed by atoms with Gasteiger partial charge >= 0.3 is 0 Å². The lowest BCUT2D eigenvalue weighted by Crippen LogP contribution is -2.23. The molecule has 0 spiro atoms. The molecule has 4 heteroatoms. The van der Waals surface area contributed by atoms with Gasteiger partial charge in [-0.3, -0.25) is 0 Å². The Balaban J connectivity index is 2.41. The molecule has 0 aliphatic heterocycles. The fourth-order valence-corrected chi connectivity index (χ4v) is 4.38. The second kappa shape index (κ2) is 7.21. The molecule has 1 N–H and O–H groups in total. The van der Waals surface area contributed by atoms with E-state index in [0.717, 1.165) is 17.4 Å². The number of halogens is 2. The molecule has 0 radical (unpaired) electrons. The molecule has 0 amide bonds. The average molecular weight is 417 g/mol. The lowest BCUT2D eigenvalue weighted by Gasteiger charge is -2.20. The summed E-state index contributed by atoms with van der Waals surface area (Å²) in [7, 11) is 0. The van der Waals surface area contributed by atoms with Gasteiger partial charge in [0.25, 0.3) is 0 Å². The number of hydrogen-bond acceptors (Lipinski definition) is 2. The smallest absolute Gasteiger partial charge is 0.0731 e. The van der Waals surface area contributed by atoms with Crippen molar-refractivity contribution in [2.45, 2.75) is 33.2 Å². The van der Waals surface area contributed by atoms with Crippen LogP contribution in [-0.2, 0) is 0 Å². The maximum atomic E-state index is 3.68. The molecular weight excluding hydrogens is 398 g/mol. The van der Waals surface area contributed by atoms with Gasteiger partial charge in [0.2, 0.25) is 0 Å². The molecule has 0 aliphatic carbocycles. The van der Waals surface area contributed by atoms with Crippen molar-refractivity contribution in [1.82, 2.24) is 5.32 Å². The van der Waals surface area contributed by atoms with Gasteiger partial charge in [-0.2, -0.15) is 0 Å². The van der Waals surface area contributed by atoms with E-state index >= 15 is 0 Å². The Morgan fingerprint density at radius 1 is 1.15 bits per heavy atom. The molecule has 0 saturated carbocycles. The topological polar surface area (TPSA) is 12.0 Å². The van der Waals surface area contributed by atoms with Crippen molar-refractivity contribution in [2.24, 2.45) is 0 Å². The van der Waals surface area contributed by atoms with Crippen LogP contribution in [-0.4, -0.2) is 6.54 Å². The minimum absolute atomic E-state index is 0.276. The summed E-state index contributed by atoms with van der Waals surface area (Å²) in [4.78, 5) is 1.37. The van der Waals surface area contributed by atoms with Gasteiger partial charge in [-0.1, -0.05) is 28.9 Å². The van der Waals surface area contributed by atoms with Crippen LogP contribution >= 0.6 is 43.2 Å². The molecule has 1 aromatic heterocycles. The highest BCUT2D eigenvalue weighted by molar-refractivity contribution is 9.11. The first-order valence-corrected chi connectivity index (χ1v) is 9.18. The molecule has 0 fully saturated rings. The second-order valence-electron chi connectivity index (χ2n) is 4.99. The van der Waals surface area contributed by atoms with E-state index in [1.165, 1.54) is 25.4 Å². The Bertz CT molecular complexity index is 573. The van der Waals surface area contributed by atoms with E-state index in [-0.39, 0.29) is 6.04 Å². The van der Waals surface area contributed by atoms with Gasteiger partial charge in [-0.15, -0.1) is 11.3 Å². The molecule has 20 heavy (non-hydrogen) atoms. The van der Waals surface area contributed by atoms with E-state index in [9.17, 15) is 0 Å². The molecule has 2 aromatic rings. The monoisotopic (exact) mass is 415 g/mol. The molecule has 0 bridgehead atoms. The SMILES string of the molecule is CCCNC(c1cc(C)c(Br)s1)c1ccc(Br)cc1C. The lowest BCUT2D eigenvalue weighted by atomic mass is 9.99. The number of aryl methyl sites for hydroxylation is 2. The van der Waals surface area contributed by atoms with Gasteiger partial charge in [0.05, 0.1) is 9.83 Å². The normalized spacial score (nSPS) is 12.7. The van der Waals surface area contributed by atoms with Crippen molar-refractivity contribution in [1.29, 1.82) is 0 Å². The van der Waals surface area contributed by atoms with E-state index in [1.807, 2.05) is 11.3 Å². The first-order valence-electron chi connectivity index (χ1n) is 6.78. The summed E-state index contributed by atoms with van der Waals surface area (Å²) in [5, 5.41) is 3.68. The summed E-state index contributed by atoms with van der Waals surface area (Å²) in [5.74, 6) is 0. The van der Waals surface area contributed by atoms with Crippen molar-refractivity contribution in [2.75, 3.05) is 6.54 Å². The summed E-state index contributed by atoms with van der Waals surface area (Å²) in [6.07, 6.45) is 1.14. The van der Waals surface area contributed by atoms with Crippen molar-refractivity contribution in [3.05, 3.63) is 54.1 Å². The number of nitrogens with one attached hydrogen (secondary N) is 1. The Labute approximate surface area is 142 Å². The molecule has 108 valence electrons. The molecule has 1 atom stereocenters. The zero-order valence-electron chi connectivity index (χ0n) is 12.0. The van der Waals surface area contributed by atoms with Crippen LogP contribution in [0, 0.1) is 13.8 Å². The van der Waals surface area contributed by atoms with Crippen LogP contribution in [0.15, 0.2) is 32.5 Å². The molecule has 1 heterocycles. The molecular formula is C16H19Br2NS. The highest BCUT2D eigenvalue weighted by Crippen LogP contribution is 2.35. The Morgan fingerprint density at radius 3 is 2.45 bits per heavy atom. The Morgan fingerprint density at radius 2 is 1.90 bits per heavy atom. The van der Waals surface area contributed by atoms with Gasteiger partial charge < -0.3 is 5.32 Å². The molecule has 1 unspecified atom stereocenters. The third-order valence-corrected chi connectivity index (χ3v) is 6.00. The Kier molecular flexibility index (Phi) is 5.84. The molecule has 2 rings (SSSR count). The summed E-state index contributed by atoms with van der Waals surface area (Å²) in [6.45, 7) is 7.55. The first kappa shape index (κ1) is 16.2. The van der Waals surface area contributed by atoms with Crippen molar-refractivity contribution < 1.29 is 0 Å². The fourth-order valence-electron chi connectivity index (χ4n) is 2.24. The van der Waals surface area contributed by atoms with Crippen LogP contribution in [0.2, 0.25) is 0 Å². The maximum Gasteiger partial charge on any atom is 0.0731 e. The predicted octanol–water partition coefficient (Wildman–Crippen LogP) is 5.98. The van der Waals surface area contributed by atoms with Gasteiger partial charge in [0, 0.05) is 9.35 Å². The Hall–Kier alpha value is -0.160. The first-order chi connectivity index (χ1) is 9.52. The van der Waals surface area contributed by atoms with E-state index in [0.29, 0.717) is 0 Å². The van der Waals surface area contributed by atoms with E-state index in [1.54, 1.807) is 0 Å². The van der Waals surface area contributed by atoms with Gasteiger partial charge in [-0.25, -0.2) is 0 Å². The van der Waals surface area contributed by atoms with Crippen molar-refractivity contribution in [3.63, 3.8) is 0 Å². The third-order valence-electron chi connectivity index (χ3n) is 3.30. The van der Waals surface area contributed by atoms with E-state index in [4.69, 9.17) is 0 Å². The molecule has 1 nitrogen and oxygen atoms in total. The van der Waals surface area contributed by atoms with Gasteiger partial charge in [0.15, 0.2) is 0 Å². The minimum atomic E-state index is 0.276. The van der Waals surface area contributed by atoms with Crippen LogP contribution in [0.3, 0.4) is 0 Å². The molecule has 1 aromatic carbocycles. The zero-order valence-corrected chi connectivity index (χ0v) is 16.0. The van der Waals surface area contributed by atoms with Crippen molar-refractivity contribution >= 4 is 43.2 Å². The largest absolute Gasteiger partial charge is 0.306 e. The predicted molar refractivity (Wildman–Crippen MR) is 95.8 cm³/mol. The second-order valence-corrected chi connectivity index (χ2v) is 8.31. The summed E-state index contributed by atoms with van der Waals surface area (Å²) in [6, 6.07) is 9.08. The quantitative estimate of drug-likeness (QED) is 0.632. The van der Waals surface area contributed by atoms with Crippen molar-refractivity contribution in [3.8, 4) is 0 Å². The highest BCUT2D eigenvalue weighted by atomic mass is 79.9. The third kappa shape index (κ3) is 3.73. The average Bonchev–Trinajstić information content (AvgIpc) is 2.72.